The van der Waals surface area contributed by atoms with E-state index < -0.39 is 25.0 Å². The number of aliphatic hydroxyl groups excluding tert-OH is 2. The molecule has 0 fully saturated rings. The van der Waals surface area contributed by atoms with Crippen molar-refractivity contribution in [1.29, 1.82) is 0 Å². The maximum absolute atomic E-state index is 13.8. The number of aliphatic hydroxyl groups is 2. The molecule has 4 aromatic rings. The molecular formula is C22H19F2N5O4. The molecule has 1 unspecified atom stereocenters. The number of carbonyl (C=O) groups is 1. The van der Waals surface area contributed by atoms with Crippen molar-refractivity contribution in [3.8, 4) is 17.1 Å². The highest BCUT2D eigenvalue weighted by atomic mass is 19.3. The van der Waals surface area contributed by atoms with Crippen LogP contribution in [-0.4, -0.2) is 55.4 Å². The van der Waals surface area contributed by atoms with Gasteiger partial charge in [0.25, 0.3) is 12.3 Å². The van der Waals surface area contributed by atoms with Gasteiger partial charge in [0.05, 0.1) is 23.9 Å². The number of pyridine rings is 2. The number of rotatable bonds is 8. The van der Waals surface area contributed by atoms with Crippen LogP contribution in [0, 0.1) is 0 Å². The Balaban J connectivity index is 1.67. The summed E-state index contributed by atoms with van der Waals surface area (Å²) in [5, 5.41) is 20.9. The van der Waals surface area contributed by atoms with Crippen LogP contribution in [0.1, 0.15) is 22.3 Å². The van der Waals surface area contributed by atoms with Crippen molar-refractivity contribution in [3.05, 3.63) is 66.1 Å². The van der Waals surface area contributed by atoms with Gasteiger partial charge in [-0.05, 0) is 30.3 Å². The first-order chi connectivity index (χ1) is 16.0. The number of benzene rings is 1. The first-order valence-corrected chi connectivity index (χ1v) is 9.86. The number of nitrogens with one attached hydrogen (secondary N) is 2. The zero-order chi connectivity index (χ0) is 23.4. The molecule has 0 aliphatic carbocycles. The molecule has 33 heavy (non-hydrogen) atoms. The highest BCUT2D eigenvalue weighted by Gasteiger charge is 2.21. The second-order valence-electron chi connectivity index (χ2n) is 7.03. The Hall–Kier alpha value is -3.96. The molecule has 0 radical (unpaired) electrons. The number of amides is 1. The van der Waals surface area contributed by atoms with Gasteiger partial charge in [0.2, 0.25) is 0 Å². The molecule has 1 atom stereocenters. The molecule has 0 spiro atoms. The van der Waals surface area contributed by atoms with E-state index in [1.807, 2.05) is 0 Å². The molecule has 3 heterocycles. The summed E-state index contributed by atoms with van der Waals surface area (Å²) in [7, 11) is 0. The standard InChI is InChI=1S/C22H19F2N5O4/c23-20(24)15-7-13(33-11-12(31)10-30)4-5-14(15)21-27-17-9-25-8-16(19(17)29-21)22(32)28-18-3-1-2-6-26-18/h1-9,12,20,30-31H,10-11H2,(H,27,29)(H,26,28,32). The van der Waals surface area contributed by atoms with E-state index in [0.717, 1.165) is 6.07 Å². The van der Waals surface area contributed by atoms with Crippen LogP contribution in [0.2, 0.25) is 0 Å². The smallest absolute Gasteiger partial charge is 0.264 e. The summed E-state index contributed by atoms with van der Waals surface area (Å²) in [4.78, 5) is 28.1. The number of hydrogen-bond donors (Lipinski definition) is 4. The van der Waals surface area contributed by atoms with Gasteiger partial charge >= 0.3 is 0 Å². The summed E-state index contributed by atoms with van der Waals surface area (Å²) in [5.41, 5.74) is 0.576. The van der Waals surface area contributed by atoms with Crippen LogP contribution in [-0.2, 0) is 0 Å². The Morgan fingerprint density at radius 1 is 1.21 bits per heavy atom. The SMILES string of the molecule is O=C(Nc1ccccn1)c1cncc2[nH]c(-c3ccc(OCC(O)CO)cc3C(F)F)nc12. The Morgan fingerprint density at radius 3 is 2.79 bits per heavy atom. The van der Waals surface area contributed by atoms with Crippen molar-refractivity contribution in [3.63, 3.8) is 0 Å². The largest absolute Gasteiger partial charge is 0.491 e. The number of carbonyl (C=O) groups excluding carboxylic acids is 1. The van der Waals surface area contributed by atoms with Gasteiger partial charge < -0.3 is 25.3 Å². The third kappa shape index (κ3) is 4.94. The lowest BCUT2D eigenvalue weighted by Crippen LogP contribution is -2.21. The number of halogens is 2. The zero-order valence-electron chi connectivity index (χ0n) is 17.1. The number of anilines is 1. The lowest BCUT2D eigenvalue weighted by Gasteiger charge is -2.13. The maximum atomic E-state index is 13.8. The third-order valence-corrected chi connectivity index (χ3v) is 4.71. The summed E-state index contributed by atoms with van der Waals surface area (Å²) in [6, 6.07) is 9.05. The number of H-pyrrole nitrogens is 1. The van der Waals surface area contributed by atoms with E-state index in [0.29, 0.717) is 11.3 Å². The molecule has 4 rings (SSSR count). The van der Waals surface area contributed by atoms with E-state index in [4.69, 9.17) is 9.84 Å². The number of imidazole rings is 1. The van der Waals surface area contributed by atoms with Gasteiger partial charge in [-0.2, -0.15) is 0 Å². The topological polar surface area (TPSA) is 133 Å². The quantitative estimate of drug-likeness (QED) is 0.321. The lowest BCUT2D eigenvalue weighted by molar-refractivity contribution is 0.0534. The average molecular weight is 455 g/mol. The fraction of sp³-hybridized carbons (Fsp3) is 0.182. The van der Waals surface area contributed by atoms with Crippen molar-refractivity contribution in [2.75, 3.05) is 18.5 Å². The minimum absolute atomic E-state index is 0.106. The third-order valence-electron chi connectivity index (χ3n) is 4.71. The Bertz CT molecular complexity index is 1270. The van der Waals surface area contributed by atoms with Crippen molar-refractivity contribution in [2.45, 2.75) is 12.5 Å². The Kier molecular flexibility index (Phi) is 6.52. The molecule has 0 bridgehead atoms. The molecule has 0 aliphatic rings. The monoisotopic (exact) mass is 455 g/mol. The molecule has 170 valence electrons. The minimum atomic E-state index is -2.84. The molecule has 0 aliphatic heterocycles. The van der Waals surface area contributed by atoms with Crippen LogP contribution in [0.5, 0.6) is 5.75 Å². The predicted molar refractivity (Wildman–Crippen MR) is 115 cm³/mol. The van der Waals surface area contributed by atoms with Crippen LogP contribution >= 0.6 is 0 Å². The summed E-state index contributed by atoms with van der Waals surface area (Å²) < 4.78 is 32.9. The number of hydrogen-bond acceptors (Lipinski definition) is 7. The van der Waals surface area contributed by atoms with E-state index in [1.54, 1.807) is 18.2 Å². The van der Waals surface area contributed by atoms with Gasteiger partial charge in [0.1, 0.15) is 35.6 Å². The fourth-order valence-electron chi connectivity index (χ4n) is 3.12. The highest BCUT2D eigenvalue weighted by molar-refractivity contribution is 6.11. The van der Waals surface area contributed by atoms with E-state index in [2.05, 4.69) is 25.3 Å². The van der Waals surface area contributed by atoms with Crippen LogP contribution in [0.3, 0.4) is 0 Å². The van der Waals surface area contributed by atoms with Crippen molar-refractivity contribution in [1.82, 2.24) is 19.9 Å². The van der Waals surface area contributed by atoms with Gasteiger partial charge in [-0.3, -0.25) is 9.78 Å². The van der Waals surface area contributed by atoms with Gasteiger partial charge in [0, 0.05) is 23.5 Å². The van der Waals surface area contributed by atoms with Crippen molar-refractivity contribution in [2.24, 2.45) is 0 Å². The normalized spacial score (nSPS) is 12.2. The summed E-state index contributed by atoms with van der Waals surface area (Å²) in [6.45, 7) is -0.757. The molecular weight excluding hydrogens is 436 g/mol. The molecule has 0 saturated heterocycles. The van der Waals surface area contributed by atoms with Crippen molar-refractivity contribution >= 4 is 22.8 Å². The van der Waals surface area contributed by atoms with E-state index >= 15 is 0 Å². The Labute approximate surface area is 186 Å². The summed E-state index contributed by atoms with van der Waals surface area (Å²) in [6.07, 6.45) is 0.343. The van der Waals surface area contributed by atoms with Crippen LogP contribution in [0.25, 0.3) is 22.4 Å². The molecule has 3 aromatic heterocycles. The fourth-order valence-corrected chi connectivity index (χ4v) is 3.12. The number of alkyl halides is 2. The second-order valence-corrected chi connectivity index (χ2v) is 7.03. The predicted octanol–water partition coefficient (Wildman–Crippen LogP) is 2.94. The van der Waals surface area contributed by atoms with Gasteiger partial charge in [-0.15, -0.1) is 0 Å². The number of aromatic amines is 1. The molecule has 11 heteroatoms. The van der Waals surface area contributed by atoms with E-state index in [-0.39, 0.29) is 40.4 Å². The number of ether oxygens (including phenoxy) is 1. The van der Waals surface area contributed by atoms with Gasteiger partial charge in [0.15, 0.2) is 0 Å². The van der Waals surface area contributed by atoms with Crippen molar-refractivity contribution < 1.29 is 28.5 Å². The number of aromatic nitrogens is 4. The van der Waals surface area contributed by atoms with Crippen LogP contribution in [0.15, 0.2) is 55.0 Å². The van der Waals surface area contributed by atoms with Gasteiger partial charge in [-0.25, -0.2) is 18.7 Å². The first kappa shape index (κ1) is 22.2. The van der Waals surface area contributed by atoms with Crippen LogP contribution in [0.4, 0.5) is 14.6 Å². The lowest BCUT2D eigenvalue weighted by atomic mass is 10.1. The summed E-state index contributed by atoms with van der Waals surface area (Å²) >= 11 is 0. The second kappa shape index (κ2) is 9.67. The molecule has 0 saturated carbocycles. The maximum Gasteiger partial charge on any atom is 0.264 e. The first-order valence-electron chi connectivity index (χ1n) is 9.86. The van der Waals surface area contributed by atoms with E-state index in [9.17, 15) is 18.7 Å². The summed E-state index contributed by atoms with van der Waals surface area (Å²) in [5.74, 6) is 0.0826. The minimum Gasteiger partial charge on any atom is -0.491 e. The molecule has 9 nitrogen and oxygen atoms in total. The molecule has 1 aromatic carbocycles. The van der Waals surface area contributed by atoms with Crippen LogP contribution < -0.4 is 10.1 Å². The number of nitrogens with zero attached hydrogens (tertiary/aromatic N) is 3. The van der Waals surface area contributed by atoms with Gasteiger partial charge in [-0.1, -0.05) is 6.07 Å². The highest BCUT2D eigenvalue weighted by Crippen LogP contribution is 2.34. The number of fused-ring (bicyclic) bond motifs is 1. The van der Waals surface area contributed by atoms with E-state index in [1.165, 1.54) is 30.7 Å². The zero-order valence-corrected chi connectivity index (χ0v) is 17.1. The molecule has 4 N–H and O–H groups in total. The Morgan fingerprint density at radius 2 is 2.06 bits per heavy atom. The average Bonchev–Trinajstić information content (AvgIpc) is 3.27. The molecule has 1 amide bonds.